The summed E-state index contributed by atoms with van der Waals surface area (Å²) in [5.74, 6) is 0.152. The van der Waals surface area contributed by atoms with E-state index in [1.807, 2.05) is 0 Å². The summed E-state index contributed by atoms with van der Waals surface area (Å²) in [5, 5.41) is 8.20. The first kappa shape index (κ1) is 24.8. The highest BCUT2D eigenvalue weighted by Crippen LogP contribution is 2.26. The number of morpholine rings is 1. The number of halogens is 1. The Labute approximate surface area is 207 Å². The molecule has 2 amide bonds. The number of benzene rings is 1. The van der Waals surface area contributed by atoms with Crippen LogP contribution in [0.25, 0.3) is 0 Å². The fourth-order valence-corrected chi connectivity index (χ4v) is 3.72. The smallest absolute Gasteiger partial charge is 0.262 e. The number of pyridine rings is 1. The largest absolute Gasteiger partial charge is 0.496 e. The van der Waals surface area contributed by atoms with Crippen LogP contribution in [-0.2, 0) is 4.74 Å². The van der Waals surface area contributed by atoms with Gasteiger partial charge in [-0.05, 0) is 19.1 Å². The maximum absolute atomic E-state index is 14.4. The Morgan fingerprint density at radius 1 is 1.11 bits per heavy atom. The molecule has 0 unspecified atom stereocenters. The molecule has 1 aliphatic rings. The van der Waals surface area contributed by atoms with Gasteiger partial charge in [0.15, 0.2) is 0 Å². The molecule has 1 aliphatic heterocycles. The molecule has 3 aromatic rings. The van der Waals surface area contributed by atoms with Gasteiger partial charge in [-0.3, -0.25) is 9.59 Å². The van der Waals surface area contributed by atoms with Gasteiger partial charge in [0.2, 0.25) is 0 Å². The molecule has 1 fully saturated rings. The van der Waals surface area contributed by atoms with Crippen molar-refractivity contribution >= 4 is 35.0 Å². The average molecular weight is 496 g/mol. The van der Waals surface area contributed by atoms with Crippen molar-refractivity contribution in [2.75, 3.05) is 56.0 Å². The van der Waals surface area contributed by atoms with Gasteiger partial charge < -0.3 is 30.3 Å². The second-order valence-electron chi connectivity index (χ2n) is 7.85. The minimum absolute atomic E-state index is 0.0634. The average Bonchev–Trinajstić information content (AvgIpc) is 2.88. The normalized spacial score (nSPS) is 13.2. The van der Waals surface area contributed by atoms with Gasteiger partial charge >= 0.3 is 0 Å². The third-order valence-electron chi connectivity index (χ3n) is 5.46. The highest BCUT2D eigenvalue weighted by atomic mass is 19.1. The van der Waals surface area contributed by atoms with Gasteiger partial charge in [0.1, 0.15) is 40.4 Å². The van der Waals surface area contributed by atoms with Gasteiger partial charge in [0.25, 0.3) is 11.8 Å². The molecule has 4 rings (SSSR count). The number of aromatic nitrogens is 3. The van der Waals surface area contributed by atoms with E-state index in [4.69, 9.17) is 9.47 Å². The lowest BCUT2D eigenvalue weighted by molar-refractivity contribution is 0.0963. The molecule has 0 spiro atoms. The number of nitrogens with zero attached hydrogens (tertiary/aromatic N) is 4. The van der Waals surface area contributed by atoms with E-state index in [1.165, 1.54) is 38.6 Å². The van der Waals surface area contributed by atoms with Crippen molar-refractivity contribution < 1.29 is 23.5 Å². The topological polar surface area (TPSA) is 131 Å². The van der Waals surface area contributed by atoms with Gasteiger partial charge in [-0.2, -0.15) is 0 Å². The van der Waals surface area contributed by atoms with Crippen LogP contribution in [0, 0.1) is 12.7 Å². The lowest BCUT2D eigenvalue weighted by atomic mass is 10.1. The van der Waals surface area contributed by atoms with E-state index in [2.05, 4.69) is 35.8 Å². The zero-order valence-corrected chi connectivity index (χ0v) is 20.1. The summed E-state index contributed by atoms with van der Waals surface area (Å²) in [5.41, 5.74) is -0.0586. The van der Waals surface area contributed by atoms with Gasteiger partial charge in [0, 0.05) is 38.5 Å². The van der Waals surface area contributed by atoms with Crippen LogP contribution in [0.2, 0.25) is 0 Å². The molecule has 3 N–H and O–H groups in total. The van der Waals surface area contributed by atoms with Crippen molar-refractivity contribution in [1.82, 2.24) is 20.3 Å². The van der Waals surface area contributed by atoms with Crippen molar-refractivity contribution in [3.8, 4) is 5.75 Å². The molecular formula is C24H26FN7O4. The third-order valence-corrected chi connectivity index (χ3v) is 5.46. The highest BCUT2D eigenvalue weighted by molar-refractivity contribution is 6.10. The van der Waals surface area contributed by atoms with Crippen LogP contribution in [0.3, 0.4) is 0 Å². The molecule has 3 heterocycles. The number of carbonyl (C=O) groups is 2. The van der Waals surface area contributed by atoms with Gasteiger partial charge in [0.05, 0.1) is 31.6 Å². The molecule has 36 heavy (non-hydrogen) atoms. The fourth-order valence-electron chi connectivity index (χ4n) is 3.72. The van der Waals surface area contributed by atoms with Crippen LogP contribution in [-0.4, -0.2) is 67.2 Å². The molecule has 0 bridgehead atoms. The van der Waals surface area contributed by atoms with Crippen molar-refractivity contribution in [2.45, 2.75) is 6.92 Å². The molecule has 0 radical (unpaired) electrons. The number of amides is 2. The van der Waals surface area contributed by atoms with E-state index >= 15 is 0 Å². The number of aryl methyl sites for hydroxylation is 1. The van der Waals surface area contributed by atoms with Crippen LogP contribution < -0.4 is 25.6 Å². The Balaban J connectivity index is 1.64. The van der Waals surface area contributed by atoms with Crippen LogP contribution in [0.5, 0.6) is 5.75 Å². The summed E-state index contributed by atoms with van der Waals surface area (Å²) >= 11 is 0. The minimum atomic E-state index is -0.778. The lowest BCUT2D eigenvalue weighted by Crippen LogP contribution is -2.36. The number of methoxy groups -OCH3 is 1. The van der Waals surface area contributed by atoms with Crippen LogP contribution in [0.1, 0.15) is 26.5 Å². The van der Waals surface area contributed by atoms with Crippen molar-refractivity contribution in [2.24, 2.45) is 0 Å². The standard InChI is InChI=1S/C24H26FN7O4/c1-14-28-20(12-21(29-14)32-7-9-36-10-8-32)31-19-11-17(15(13-27-19)23(33)26-2)30-24(34)22-16(25)5-4-6-18(22)35-3/h4-6,11-13H,7-10H2,1-3H3,(H,26,33)(H2,27,28,29,30,31,34). The second-order valence-corrected chi connectivity index (χ2v) is 7.85. The molecule has 12 heteroatoms. The molecular weight excluding hydrogens is 469 g/mol. The Morgan fingerprint density at radius 3 is 2.61 bits per heavy atom. The van der Waals surface area contributed by atoms with E-state index in [-0.39, 0.29) is 22.6 Å². The summed E-state index contributed by atoms with van der Waals surface area (Å²) in [6.07, 6.45) is 1.31. The Hall–Kier alpha value is -4.32. The van der Waals surface area contributed by atoms with E-state index in [1.54, 1.807) is 13.0 Å². The molecule has 11 nitrogen and oxygen atoms in total. The first-order chi connectivity index (χ1) is 17.4. The monoisotopic (exact) mass is 495 g/mol. The molecule has 2 aromatic heterocycles. The van der Waals surface area contributed by atoms with Crippen molar-refractivity contribution in [3.63, 3.8) is 0 Å². The molecule has 0 atom stereocenters. The predicted octanol–water partition coefficient (Wildman–Crippen LogP) is 2.52. The summed E-state index contributed by atoms with van der Waals surface area (Å²) < 4.78 is 25.0. The second kappa shape index (κ2) is 11.0. The van der Waals surface area contributed by atoms with E-state index in [0.717, 1.165) is 11.9 Å². The zero-order chi connectivity index (χ0) is 25.7. The van der Waals surface area contributed by atoms with Gasteiger partial charge in [-0.25, -0.2) is 19.3 Å². The Morgan fingerprint density at radius 2 is 1.89 bits per heavy atom. The van der Waals surface area contributed by atoms with Crippen molar-refractivity contribution in [1.29, 1.82) is 0 Å². The molecule has 0 saturated carbocycles. The quantitative estimate of drug-likeness (QED) is 0.453. The fraction of sp³-hybridized carbons (Fsp3) is 0.292. The number of carbonyl (C=O) groups excluding carboxylic acids is 2. The summed E-state index contributed by atoms with van der Waals surface area (Å²) in [7, 11) is 2.79. The Bertz CT molecular complexity index is 1280. The molecule has 0 aliphatic carbocycles. The first-order valence-corrected chi connectivity index (χ1v) is 11.2. The zero-order valence-electron chi connectivity index (χ0n) is 20.1. The summed E-state index contributed by atoms with van der Waals surface area (Å²) in [4.78, 5) is 40.7. The van der Waals surface area contributed by atoms with Crippen LogP contribution in [0.4, 0.5) is 27.5 Å². The SMILES string of the molecule is CNC(=O)c1cnc(Nc2cc(N3CCOCC3)nc(C)n2)cc1NC(=O)c1c(F)cccc1OC. The van der Waals surface area contributed by atoms with Gasteiger partial charge in [-0.1, -0.05) is 6.07 Å². The highest BCUT2D eigenvalue weighted by Gasteiger charge is 2.21. The maximum Gasteiger partial charge on any atom is 0.262 e. The molecule has 1 saturated heterocycles. The lowest BCUT2D eigenvalue weighted by Gasteiger charge is -2.28. The summed E-state index contributed by atoms with van der Waals surface area (Å²) in [6.45, 7) is 4.44. The van der Waals surface area contributed by atoms with Crippen LogP contribution >= 0.6 is 0 Å². The molecule has 1 aromatic carbocycles. The van der Waals surface area contributed by atoms with E-state index < -0.39 is 17.6 Å². The number of hydrogen-bond acceptors (Lipinski definition) is 9. The number of nitrogens with one attached hydrogen (secondary N) is 3. The van der Waals surface area contributed by atoms with Crippen molar-refractivity contribution in [3.05, 3.63) is 59.3 Å². The maximum atomic E-state index is 14.4. The number of hydrogen-bond donors (Lipinski definition) is 3. The van der Waals surface area contributed by atoms with E-state index in [0.29, 0.717) is 43.8 Å². The molecule has 188 valence electrons. The summed E-state index contributed by atoms with van der Waals surface area (Å²) in [6, 6.07) is 7.32. The number of ether oxygens (including phenoxy) is 2. The minimum Gasteiger partial charge on any atom is -0.496 e. The predicted molar refractivity (Wildman–Crippen MR) is 132 cm³/mol. The number of anilines is 4. The Kier molecular flexibility index (Phi) is 7.54. The number of rotatable bonds is 7. The van der Waals surface area contributed by atoms with Gasteiger partial charge in [-0.15, -0.1) is 0 Å². The first-order valence-electron chi connectivity index (χ1n) is 11.2. The third kappa shape index (κ3) is 5.49. The van der Waals surface area contributed by atoms with E-state index in [9.17, 15) is 14.0 Å². The van der Waals surface area contributed by atoms with Crippen LogP contribution in [0.15, 0.2) is 36.5 Å².